The molecule has 0 radical (unpaired) electrons. The van der Waals surface area contributed by atoms with E-state index in [1.807, 2.05) is 0 Å². The first-order valence-corrected chi connectivity index (χ1v) is 8.60. The summed E-state index contributed by atoms with van der Waals surface area (Å²) in [7, 11) is 2.67. The highest BCUT2D eigenvalue weighted by molar-refractivity contribution is 6.33. The standard InChI is InChI=1S/C17H16ClFN6O4/c1-8(28-2)15-11(7-20-13-5-12(19)24-25(13)15)23-17(27)22-9-4-10(18)14(21-6-9)16(26)29-3/h4-8H,1-3H3,(H2,22,23,27)/t8-/m0/s1. The zero-order chi connectivity index (χ0) is 21.1. The highest BCUT2D eigenvalue weighted by atomic mass is 35.5. The Balaban J connectivity index is 1.85. The number of aromatic nitrogens is 4. The van der Waals surface area contributed by atoms with E-state index in [4.69, 9.17) is 16.3 Å². The van der Waals surface area contributed by atoms with Crippen molar-refractivity contribution in [1.82, 2.24) is 19.6 Å². The number of urea groups is 1. The molecule has 2 amide bonds. The molecule has 0 aliphatic heterocycles. The molecule has 0 saturated carbocycles. The van der Waals surface area contributed by atoms with Gasteiger partial charge in [-0.1, -0.05) is 11.6 Å². The third kappa shape index (κ3) is 4.25. The summed E-state index contributed by atoms with van der Waals surface area (Å²) < 4.78 is 24.7. The maximum atomic E-state index is 13.5. The summed E-state index contributed by atoms with van der Waals surface area (Å²) >= 11 is 5.99. The molecule has 29 heavy (non-hydrogen) atoms. The van der Waals surface area contributed by atoms with Crippen molar-refractivity contribution in [3.05, 3.63) is 46.9 Å². The van der Waals surface area contributed by atoms with Gasteiger partial charge in [-0.05, 0) is 13.0 Å². The monoisotopic (exact) mass is 422 g/mol. The number of hydrogen-bond acceptors (Lipinski definition) is 7. The summed E-state index contributed by atoms with van der Waals surface area (Å²) in [6.45, 7) is 1.71. The lowest BCUT2D eigenvalue weighted by molar-refractivity contribution is 0.0594. The first kappa shape index (κ1) is 20.4. The third-order valence-corrected chi connectivity index (χ3v) is 4.24. The van der Waals surface area contributed by atoms with E-state index in [-0.39, 0.29) is 27.7 Å². The van der Waals surface area contributed by atoms with E-state index >= 15 is 0 Å². The molecule has 0 aromatic carbocycles. The second-order valence-electron chi connectivity index (χ2n) is 5.80. The smallest absolute Gasteiger partial charge is 0.358 e. The van der Waals surface area contributed by atoms with E-state index in [1.165, 1.54) is 37.2 Å². The summed E-state index contributed by atoms with van der Waals surface area (Å²) in [5, 5.41) is 8.89. The minimum atomic E-state index is -0.713. The molecule has 10 nitrogen and oxygen atoms in total. The van der Waals surface area contributed by atoms with Crippen molar-refractivity contribution in [3.8, 4) is 0 Å². The molecule has 0 aliphatic rings. The fourth-order valence-electron chi connectivity index (χ4n) is 2.56. The molecule has 3 aromatic rings. The van der Waals surface area contributed by atoms with Crippen molar-refractivity contribution in [2.45, 2.75) is 13.0 Å². The summed E-state index contributed by atoms with van der Waals surface area (Å²) in [6, 6.07) is 1.86. The molecule has 0 saturated heterocycles. The van der Waals surface area contributed by atoms with Gasteiger partial charge in [-0.2, -0.15) is 4.39 Å². The van der Waals surface area contributed by atoms with Gasteiger partial charge in [0.25, 0.3) is 0 Å². The number of hydrogen-bond donors (Lipinski definition) is 2. The van der Waals surface area contributed by atoms with E-state index in [2.05, 4.69) is 30.4 Å². The van der Waals surface area contributed by atoms with Gasteiger partial charge >= 0.3 is 12.0 Å². The van der Waals surface area contributed by atoms with Crippen LogP contribution in [0.2, 0.25) is 5.02 Å². The fraction of sp³-hybridized carbons (Fsp3) is 0.235. The molecular formula is C17H16ClFN6O4. The zero-order valence-electron chi connectivity index (χ0n) is 15.6. The molecule has 2 N–H and O–H groups in total. The predicted molar refractivity (Wildman–Crippen MR) is 102 cm³/mol. The molecule has 12 heteroatoms. The average Bonchev–Trinajstić information content (AvgIpc) is 3.06. The second-order valence-corrected chi connectivity index (χ2v) is 6.20. The lowest BCUT2D eigenvalue weighted by atomic mass is 10.2. The number of amides is 2. The predicted octanol–water partition coefficient (Wildman–Crippen LogP) is 3.05. The Morgan fingerprint density at radius 2 is 1.97 bits per heavy atom. The Morgan fingerprint density at radius 3 is 2.62 bits per heavy atom. The van der Waals surface area contributed by atoms with E-state index in [0.29, 0.717) is 5.69 Å². The Bertz CT molecular complexity index is 1090. The number of halogens is 2. The second kappa shape index (κ2) is 8.37. The van der Waals surface area contributed by atoms with Crippen molar-refractivity contribution in [1.29, 1.82) is 0 Å². The molecule has 0 spiro atoms. The minimum Gasteiger partial charge on any atom is -0.464 e. The molecule has 3 rings (SSSR count). The first-order chi connectivity index (χ1) is 13.8. The van der Waals surface area contributed by atoms with Crippen LogP contribution in [0.1, 0.15) is 29.2 Å². The van der Waals surface area contributed by atoms with E-state index in [1.54, 1.807) is 6.92 Å². The Kier molecular flexibility index (Phi) is 5.89. The highest BCUT2D eigenvalue weighted by Gasteiger charge is 2.20. The van der Waals surface area contributed by atoms with Crippen molar-refractivity contribution in [3.63, 3.8) is 0 Å². The number of carbonyl (C=O) groups is 2. The topological polar surface area (TPSA) is 120 Å². The molecule has 152 valence electrons. The van der Waals surface area contributed by atoms with E-state index in [0.717, 1.165) is 6.07 Å². The Hall–Kier alpha value is -3.31. The molecule has 3 aromatic heterocycles. The number of esters is 1. The molecule has 0 bridgehead atoms. The first-order valence-electron chi connectivity index (χ1n) is 8.23. The van der Waals surface area contributed by atoms with Crippen LogP contribution in [0.4, 0.5) is 20.6 Å². The average molecular weight is 423 g/mol. The maximum absolute atomic E-state index is 13.5. The van der Waals surface area contributed by atoms with Gasteiger partial charge in [0.2, 0.25) is 5.95 Å². The van der Waals surface area contributed by atoms with Crippen LogP contribution in [0, 0.1) is 5.95 Å². The normalized spacial score (nSPS) is 11.9. The van der Waals surface area contributed by atoms with Crippen molar-refractivity contribution in [2.24, 2.45) is 0 Å². The quantitative estimate of drug-likeness (QED) is 0.606. The maximum Gasteiger partial charge on any atom is 0.358 e. The lowest BCUT2D eigenvalue weighted by Crippen LogP contribution is -2.22. The molecule has 0 unspecified atom stereocenters. The zero-order valence-corrected chi connectivity index (χ0v) is 16.3. The van der Waals surface area contributed by atoms with Gasteiger partial charge in [-0.15, -0.1) is 5.10 Å². The van der Waals surface area contributed by atoms with Gasteiger partial charge in [0, 0.05) is 13.2 Å². The van der Waals surface area contributed by atoms with Gasteiger partial charge in [-0.3, -0.25) is 0 Å². The number of rotatable bonds is 5. The number of pyridine rings is 1. The molecule has 0 fully saturated rings. The number of fused-ring (bicyclic) bond motifs is 1. The number of nitrogens with one attached hydrogen (secondary N) is 2. The van der Waals surface area contributed by atoms with Gasteiger partial charge in [0.1, 0.15) is 0 Å². The summed E-state index contributed by atoms with van der Waals surface area (Å²) in [5.74, 6) is -1.41. The number of anilines is 2. The minimum absolute atomic E-state index is 0.0125. The number of methoxy groups -OCH3 is 2. The van der Waals surface area contributed by atoms with Gasteiger partial charge in [0.15, 0.2) is 11.3 Å². The van der Waals surface area contributed by atoms with Crippen LogP contribution in [-0.4, -0.2) is 45.8 Å². The Morgan fingerprint density at radius 1 is 1.21 bits per heavy atom. The van der Waals surface area contributed by atoms with Crippen LogP contribution in [-0.2, 0) is 9.47 Å². The summed E-state index contributed by atoms with van der Waals surface area (Å²) in [6.07, 6.45) is 2.10. The van der Waals surface area contributed by atoms with Crippen molar-refractivity contribution < 1.29 is 23.5 Å². The lowest BCUT2D eigenvalue weighted by Gasteiger charge is -2.17. The molecule has 0 aliphatic carbocycles. The highest BCUT2D eigenvalue weighted by Crippen LogP contribution is 2.26. The third-order valence-electron chi connectivity index (χ3n) is 3.96. The van der Waals surface area contributed by atoms with Crippen LogP contribution in [0.25, 0.3) is 5.65 Å². The summed E-state index contributed by atoms with van der Waals surface area (Å²) in [4.78, 5) is 31.9. The van der Waals surface area contributed by atoms with Gasteiger partial charge < -0.3 is 20.1 Å². The Labute approximate surface area is 169 Å². The molecular weight excluding hydrogens is 407 g/mol. The number of nitrogens with zero attached hydrogens (tertiary/aromatic N) is 4. The molecule has 1 atom stereocenters. The van der Waals surface area contributed by atoms with Gasteiger partial charge in [0.05, 0.1) is 47.7 Å². The van der Waals surface area contributed by atoms with Gasteiger partial charge in [-0.25, -0.2) is 24.1 Å². The van der Waals surface area contributed by atoms with Crippen LogP contribution < -0.4 is 10.6 Å². The van der Waals surface area contributed by atoms with Crippen LogP contribution >= 0.6 is 11.6 Å². The number of ether oxygens (including phenoxy) is 2. The summed E-state index contributed by atoms with van der Waals surface area (Å²) in [5.41, 5.74) is 1.08. The number of carbonyl (C=O) groups excluding carboxylic acids is 2. The fourth-order valence-corrected chi connectivity index (χ4v) is 2.80. The SMILES string of the molecule is COC(=O)c1ncc(NC(=O)Nc2cnc3cc(F)nn3c2[C@H](C)OC)cc1Cl. The van der Waals surface area contributed by atoms with Crippen LogP contribution in [0.15, 0.2) is 24.5 Å². The van der Waals surface area contributed by atoms with Crippen molar-refractivity contribution >= 4 is 40.6 Å². The van der Waals surface area contributed by atoms with Crippen LogP contribution in [0.5, 0.6) is 0 Å². The van der Waals surface area contributed by atoms with Crippen molar-refractivity contribution in [2.75, 3.05) is 24.9 Å². The largest absolute Gasteiger partial charge is 0.464 e. The van der Waals surface area contributed by atoms with E-state index in [9.17, 15) is 14.0 Å². The molecule has 3 heterocycles. The van der Waals surface area contributed by atoms with Crippen LogP contribution in [0.3, 0.4) is 0 Å². The van der Waals surface area contributed by atoms with E-state index < -0.39 is 24.1 Å².